The number of benzene rings is 2. The van der Waals surface area contributed by atoms with Gasteiger partial charge in [0.15, 0.2) is 0 Å². The van der Waals surface area contributed by atoms with E-state index in [0.717, 1.165) is 18.2 Å². The van der Waals surface area contributed by atoms with Gasteiger partial charge in [0.1, 0.15) is 11.6 Å². The van der Waals surface area contributed by atoms with Crippen molar-refractivity contribution < 1.29 is 22.0 Å². The molecule has 1 amide bonds. The van der Waals surface area contributed by atoms with E-state index in [-0.39, 0.29) is 17.3 Å². The smallest absolute Gasteiger partial charge is 0.261 e. The lowest BCUT2D eigenvalue weighted by Crippen LogP contribution is -2.19. The fourth-order valence-corrected chi connectivity index (χ4v) is 2.85. The van der Waals surface area contributed by atoms with Crippen molar-refractivity contribution in [1.82, 2.24) is 5.32 Å². The second-order valence-corrected chi connectivity index (χ2v) is 6.47. The van der Waals surface area contributed by atoms with Gasteiger partial charge in [0.2, 0.25) is 5.91 Å². The molecule has 2 N–H and O–H groups in total. The monoisotopic (exact) mass is 340 g/mol. The summed E-state index contributed by atoms with van der Waals surface area (Å²) in [5.41, 5.74) is 0.239. The van der Waals surface area contributed by atoms with E-state index in [2.05, 4.69) is 5.32 Å². The van der Waals surface area contributed by atoms with Gasteiger partial charge in [-0.05, 0) is 29.8 Å². The van der Waals surface area contributed by atoms with E-state index in [4.69, 9.17) is 0 Å². The topological polar surface area (TPSA) is 75.3 Å². The summed E-state index contributed by atoms with van der Waals surface area (Å²) < 4.78 is 53.0. The molecule has 0 bridgehead atoms. The summed E-state index contributed by atoms with van der Waals surface area (Å²) in [5.74, 6) is -1.84. The van der Waals surface area contributed by atoms with Gasteiger partial charge in [-0.2, -0.15) is 0 Å². The molecule has 0 aromatic heterocycles. The van der Waals surface area contributed by atoms with E-state index in [0.29, 0.717) is 5.56 Å². The fraction of sp³-hybridized carbons (Fsp3) is 0.133. The summed E-state index contributed by atoms with van der Waals surface area (Å²) in [5, 5.41) is 2.58. The van der Waals surface area contributed by atoms with E-state index < -0.39 is 27.3 Å². The van der Waals surface area contributed by atoms with Crippen LogP contribution in [0.15, 0.2) is 47.4 Å². The first-order valence-electron chi connectivity index (χ1n) is 6.59. The maximum Gasteiger partial charge on any atom is 0.261 e. The molecule has 0 unspecified atom stereocenters. The average molecular weight is 340 g/mol. The molecule has 0 saturated carbocycles. The van der Waals surface area contributed by atoms with Crippen molar-refractivity contribution in [3.05, 3.63) is 59.7 Å². The quantitative estimate of drug-likeness (QED) is 0.878. The number of sulfonamides is 1. The second kappa shape index (κ2) is 6.74. The molecule has 2 rings (SSSR count). The Morgan fingerprint density at radius 1 is 1.09 bits per heavy atom. The lowest BCUT2D eigenvalue weighted by Gasteiger charge is -2.10. The van der Waals surface area contributed by atoms with E-state index in [1.165, 1.54) is 31.2 Å². The standard InChI is InChI=1S/C15H14F2N2O3S/c1-10(20)18-9-11-2-5-13(6-3-11)23(21,22)19-15-8-12(16)4-7-14(15)17/h2-8,19H,9H2,1H3,(H,18,20). The van der Waals surface area contributed by atoms with Crippen LogP contribution in [-0.2, 0) is 21.4 Å². The van der Waals surface area contributed by atoms with Crippen molar-refractivity contribution in [2.24, 2.45) is 0 Å². The van der Waals surface area contributed by atoms with Crippen LogP contribution in [0.25, 0.3) is 0 Å². The normalized spacial score (nSPS) is 11.1. The number of hydrogen-bond acceptors (Lipinski definition) is 3. The fourth-order valence-electron chi connectivity index (χ4n) is 1.79. The average Bonchev–Trinajstić information content (AvgIpc) is 2.49. The number of amides is 1. The van der Waals surface area contributed by atoms with Gasteiger partial charge in [-0.3, -0.25) is 9.52 Å². The van der Waals surface area contributed by atoms with Crippen LogP contribution < -0.4 is 10.0 Å². The van der Waals surface area contributed by atoms with Crippen LogP contribution in [0.1, 0.15) is 12.5 Å². The molecule has 2 aromatic carbocycles. The SMILES string of the molecule is CC(=O)NCc1ccc(S(=O)(=O)Nc2cc(F)ccc2F)cc1. The Hall–Kier alpha value is -2.48. The summed E-state index contributed by atoms with van der Waals surface area (Å²) in [7, 11) is -4.04. The summed E-state index contributed by atoms with van der Waals surface area (Å²) in [6, 6.07) is 8.16. The van der Waals surface area contributed by atoms with E-state index in [1.807, 2.05) is 4.72 Å². The molecule has 0 spiro atoms. The van der Waals surface area contributed by atoms with E-state index in [1.54, 1.807) is 0 Å². The first kappa shape index (κ1) is 16.9. The predicted octanol–water partition coefficient (Wildman–Crippen LogP) is 2.40. The second-order valence-electron chi connectivity index (χ2n) is 4.78. The Balaban J connectivity index is 2.19. The zero-order valence-corrected chi connectivity index (χ0v) is 13.0. The summed E-state index contributed by atoms with van der Waals surface area (Å²) in [6.07, 6.45) is 0. The van der Waals surface area contributed by atoms with Crippen LogP contribution in [-0.4, -0.2) is 14.3 Å². The van der Waals surface area contributed by atoms with Gasteiger partial charge in [0, 0.05) is 19.5 Å². The van der Waals surface area contributed by atoms with Gasteiger partial charge in [-0.25, -0.2) is 17.2 Å². The Morgan fingerprint density at radius 2 is 1.74 bits per heavy atom. The van der Waals surface area contributed by atoms with Crippen molar-refractivity contribution in [1.29, 1.82) is 0 Å². The van der Waals surface area contributed by atoms with Crippen molar-refractivity contribution in [2.75, 3.05) is 4.72 Å². The number of anilines is 1. The first-order chi connectivity index (χ1) is 10.8. The van der Waals surface area contributed by atoms with Crippen LogP contribution in [0, 0.1) is 11.6 Å². The Morgan fingerprint density at radius 3 is 2.35 bits per heavy atom. The van der Waals surface area contributed by atoms with Crippen LogP contribution in [0.4, 0.5) is 14.5 Å². The zero-order chi connectivity index (χ0) is 17.0. The number of hydrogen-bond donors (Lipinski definition) is 2. The molecule has 2 aromatic rings. The van der Waals surface area contributed by atoms with Gasteiger partial charge < -0.3 is 5.32 Å². The predicted molar refractivity (Wildman–Crippen MR) is 81.1 cm³/mol. The maximum atomic E-state index is 13.5. The minimum atomic E-state index is -4.04. The molecule has 0 aliphatic heterocycles. The van der Waals surface area contributed by atoms with Gasteiger partial charge in [0.25, 0.3) is 10.0 Å². The molecule has 122 valence electrons. The molecular formula is C15H14F2N2O3S. The molecule has 0 aliphatic carbocycles. The molecule has 0 atom stereocenters. The van der Waals surface area contributed by atoms with E-state index in [9.17, 15) is 22.0 Å². The highest BCUT2D eigenvalue weighted by molar-refractivity contribution is 7.92. The number of nitrogens with one attached hydrogen (secondary N) is 2. The number of carbonyl (C=O) groups is 1. The summed E-state index contributed by atoms with van der Waals surface area (Å²) >= 11 is 0. The molecule has 0 saturated heterocycles. The molecule has 23 heavy (non-hydrogen) atoms. The third-order valence-corrected chi connectivity index (χ3v) is 4.33. The molecule has 0 radical (unpaired) electrons. The highest BCUT2D eigenvalue weighted by Gasteiger charge is 2.16. The Kier molecular flexibility index (Phi) is 4.95. The Bertz CT molecular complexity index is 821. The van der Waals surface area contributed by atoms with Gasteiger partial charge in [-0.15, -0.1) is 0 Å². The number of rotatable bonds is 5. The van der Waals surface area contributed by atoms with Gasteiger partial charge >= 0.3 is 0 Å². The Labute approximate surface area is 132 Å². The van der Waals surface area contributed by atoms with Crippen molar-refractivity contribution in [3.63, 3.8) is 0 Å². The van der Waals surface area contributed by atoms with Gasteiger partial charge in [0.05, 0.1) is 10.6 Å². The molecule has 5 nitrogen and oxygen atoms in total. The van der Waals surface area contributed by atoms with Crippen LogP contribution in [0.5, 0.6) is 0 Å². The molecule has 0 fully saturated rings. The lowest BCUT2D eigenvalue weighted by molar-refractivity contribution is -0.119. The third kappa shape index (κ3) is 4.49. The lowest BCUT2D eigenvalue weighted by atomic mass is 10.2. The minimum absolute atomic E-state index is 0.104. The summed E-state index contributed by atoms with van der Waals surface area (Å²) in [6.45, 7) is 1.64. The van der Waals surface area contributed by atoms with Crippen LogP contribution in [0.2, 0.25) is 0 Å². The largest absolute Gasteiger partial charge is 0.352 e. The molecular weight excluding hydrogens is 326 g/mol. The number of halogens is 2. The molecule has 0 aliphatic rings. The summed E-state index contributed by atoms with van der Waals surface area (Å²) in [4.78, 5) is 10.7. The van der Waals surface area contributed by atoms with Crippen molar-refractivity contribution in [2.45, 2.75) is 18.4 Å². The minimum Gasteiger partial charge on any atom is -0.352 e. The van der Waals surface area contributed by atoms with Crippen LogP contribution in [0.3, 0.4) is 0 Å². The van der Waals surface area contributed by atoms with E-state index >= 15 is 0 Å². The highest BCUT2D eigenvalue weighted by atomic mass is 32.2. The number of carbonyl (C=O) groups excluding carboxylic acids is 1. The molecule has 8 heteroatoms. The first-order valence-corrected chi connectivity index (χ1v) is 8.07. The maximum absolute atomic E-state index is 13.5. The molecule has 0 heterocycles. The van der Waals surface area contributed by atoms with Crippen molar-refractivity contribution in [3.8, 4) is 0 Å². The van der Waals surface area contributed by atoms with Crippen molar-refractivity contribution >= 4 is 21.6 Å². The van der Waals surface area contributed by atoms with Crippen LogP contribution >= 0.6 is 0 Å². The highest BCUT2D eigenvalue weighted by Crippen LogP contribution is 2.20. The van der Waals surface area contributed by atoms with Gasteiger partial charge in [-0.1, -0.05) is 12.1 Å². The third-order valence-electron chi connectivity index (χ3n) is 2.95. The zero-order valence-electron chi connectivity index (χ0n) is 12.1.